The number of sulfone groups is 1. The molecule has 0 aliphatic carbocycles. The Morgan fingerprint density at radius 1 is 0.613 bits per heavy atom. The minimum Gasteiger partial charge on any atom is -0.326 e. The van der Waals surface area contributed by atoms with E-state index in [1.165, 1.54) is 0 Å². The second-order valence-electron chi connectivity index (χ2n) is 6.71. The van der Waals surface area contributed by atoms with Crippen LogP contribution in [0.25, 0.3) is 0 Å². The van der Waals surface area contributed by atoms with Gasteiger partial charge in [-0.2, -0.15) is 0 Å². The van der Waals surface area contributed by atoms with Crippen LogP contribution in [0.15, 0.2) is 70.6 Å². The van der Waals surface area contributed by atoms with Gasteiger partial charge in [0, 0.05) is 0 Å². The van der Waals surface area contributed by atoms with Gasteiger partial charge in [-0.25, -0.2) is 18.4 Å². The van der Waals surface area contributed by atoms with Gasteiger partial charge in [0.2, 0.25) is 29.2 Å². The Bertz CT molecular complexity index is 1100. The molecule has 164 valence electrons. The van der Waals surface area contributed by atoms with Crippen molar-refractivity contribution >= 4 is 89.8 Å². The molecular weight excluding hydrogens is 549 g/mol. The van der Waals surface area contributed by atoms with E-state index in [-0.39, 0.29) is 0 Å². The molecule has 0 radical (unpaired) electrons. The fourth-order valence-corrected chi connectivity index (χ4v) is 6.14. The first kappa shape index (κ1) is 23.2. The maximum absolute atomic E-state index is 13.3. The molecule has 0 spiro atoms. The average molecular weight is 561 g/mol. The van der Waals surface area contributed by atoms with Crippen molar-refractivity contribution in [2.24, 2.45) is 9.98 Å². The topological polar surface area (TPSA) is 82.9 Å². The Kier molecular flexibility index (Phi) is 5.66. The molecule has 2 aromatic carbocycles. The minimum atomic E-state index is -4.47. The Morgan fingerprint density at radius 3 is 1.26 bits per heavy atom. The molecule has 4 rings (SSSR count). The SMILES string of the molecule is O=S(=O)(C1=NC(Cl)(c2ccccc2)C(Cl)(Cl)N1)C1=NC(Cl)(c2ccccc2)C(Cl)(Cl)N1. The summed E-state index contributed by atoms with van der Waals surface area (Å²) in [7, 11) is -4.47. The van der Waals surface area contributed by atoms with E-state index in [2.05, 4.69) is 20.6 Å². The molecule has 0 saturated heterocycles. The quantitative estimate of drug-likeness (QED) is 0.410. The standard InChI is InChI=1S/C18H12Cl6N4O2S/c19-15(11-7-3-1-4-8-11)17(21,22)27-13(25-15)31(29,30)14-26-16(20,18(23,24)28-14)12-9-5-2-6-10-12/h1-10H,(H,25,27)(H,26,28). The molecule has 2 atom stereocenters. The predicted octanol–water partition coefficient (Wildman–Crippen LogP) is 4.77. The number of hydrogen-bond donors (Lipinski definition) is 2. The largest absolute Gasteiger partial charge is 0.326 e. The molecule has 6 nitrogen and oxygen atoms in total. The number of alkyl halides is 6. The van der Waals surface area contributed by atoms with Crippen LogP contribution in [0.1, 0.15) is 11.1 Å². The Morgan fingerprint density at radius 2 is 0.935 bits per heavy atom. The fraction of sp³-hybridized carbons (Fsp3) is 0.222. The van der Waals surface area contributed by atoms with Gasteiger partial charge in [-0.15, -0.1) is 0 Å². The number of hydrogen-bond acceptors (Lipinski definition) is 6. The zero-order valence-electron chi connectivity index (χ0n) is 15.2. The van der Waals surface area contributed by atoms with Gasteiger partial charge in [0.1, 0.15) is 0 Å². The first-order valence-corrected chi connectivity index (χ1v) is 12.3. The minimum absolute atomic E-state index is 0.376. The maximum Gasteiger partial charge on any atom is 0.272 e. The summed E-state index contributed by atoms with van der Waals surface area (Å²) in [5.74, 6) is 0. The summed E-state index contributed by atoms with van der Waals surface area (Å²) in [5, 5.41) is 3.63. The van der Waals surface area contributed by atoms with Gasteiger partial charge in [-0.3, -0.25) is 0 Å². The zero-order valence-corrected chi connectivity index (χ0v) is 20.5. The zero-order chi connectivity index (χ0) is 22.7. The molecule has 2 aliphatic heterocycles. The second kappa shape index (κ2) is 7.55. The first-order valence-electron chi connectivity index (χ1n) is 8.59. The van der Waals surface area contributed by atoms with Crippen LogP contribution in [0.2, 0.25) is 0 Å². The molecule has 31 heavy (non-hydrogen) atoms. The summed E-state index contributed by atoms with van der Waals surface area (Å²) in [5.41, 5.74) is 0.751. The average Bonchev–Trinajstić information content (AvgIpc) is 3.14. The van der Waals surface area contributed by atoms with Crippen LogP contribution in [-0.4, -0.2) is 27.7 Å². The highest BCUT2D eigenvalue weighted by Crippen LogP contribution is 2.52. The molecule has 2 aromatic rings. The van der Waals surface area contributed by atoms with Gasteiger partial charge in [0.05, 0.1) is 0 Å². The lowest BCUT2D eigenvalue weighted by Gasteiger charge is -2.29. The lowest BCUT2D eigenvalue weighted by Crippen LogP contribution is -2.49. The van der Waals surface area contributed by atoms with Crippen LogP contribution in [-0.2, 0) is 19.8 Å². The van der Waals surface area contributed by atoms with Crippen LogP contribution in [0.3, 0.4) is 0 Å². The number of rotatable bonds is 2. The normalized spacial score (nSPS) is 29.0. The number of nitrogens with one attached hydrogen (secondary N) is 2. The van der Waals surface area contributed by atoms with E-state index in [0.29, 0.717) is 11.1 Å². The number of halogens is 6. The molecule has 0 bridgehead atoms. The lowest BCUT2D eigenvalue weighted by atomic mass is 10.1. The molecule has 2 heterocycles. The summed E-state index contributed by atoms with van der Waals surface area (Å²) in [6, 6.07) is 16.7. The highest BCUT2D eigenvalue weighted by Gasteiger charge is 2.61. The van der Waals surface area contributed by atoms with Crippen molar-refractivity contribution in [3.05, 3.63) is 71.8 Å². The van der Waals surface area contributed by atoms with E-state index in [1.807, 2.05) is 0 Å². The van der Waals surface area contributed by atoms with Gasteiger partial charge in [-0.1, -0.05) is 130 Å². The van der Waals surface area contributed by atoms with Crippen molar-refractivity contribution in [2.75, 3.05) is 0 Å². The van der Waals surface area contributed by atoms with Crippen LogP contribution in [0.4, 0.5) is 0 Å². The van der Waals surface area contributed by atoms with E-state index in [4.69, 9.17) is 69.6 Å². The van der Waals surface area contributed by atoms with Crippen LogP contribution >= 0.6 is 69.6 Å². The maximum atomic E-state index is 13.3. The van der Waals surface area contributed by atoms with E-state index < -0.39 is 39.1 Å². The highest BCUT2D eigenvalue weighted by atomic mass is 35.5. The summed E-state index contributed by atoms with van der Waals surface area (Å²) < 4.78 is 22.6. The Labute approximate surface area is 208 Å². The van der Waals surface area contributed by atoms with Crippen molar-refractivity contribution in [3.8, 4) is 0 Å². The third-order valence-electron chi connectivity index (χ3n) is 4.69. The number of amidine groups is 2. The summed E-state index contributed by atoms with van der Waals surface area (Å²) in [4.78, 5) is 4.52. The van der Waals surface area contributed by atoms with Crippen LogP contribution < -0.4 is 10.6 Å². The third-order valence-corrected chi connectivity index (χ3v) is 9.13. The van der Waals surface area contributed by atoms with Crippen LogP contribution in [0, 0.1) is 0 Å². The summed E-state index contributed by atoms with van der Waals surface area (Å²) >= 11 is 38.5. The monoisotopic (exact) mass is 558 g/mol. The molecule has 0 aromatic heterocycles. The van der Waals surface area contributed by atoms with Crippen molar-refractivity contribution in [1.29, 1.82) is 0 Å². The number of benzene rings is 2. The van der Waals surface area contributed by atoms with E-state index in [9.17, 15) is 8.42 Å². The van der Waals surface area contributed by atoms with Gasteiger partial charge in [0.15, 0.2) is 0 Å². The number of aliphatic imine (C=N–C) groups is 2. The molecule has 0 amide bonds. The van der Waals surface area contributed by atoms with Crippen molar-refractivity contribution in [2.45, 2.75) is 18.9 Å². The lowest BCUT2D eigenvalue weighted by molar-refractivity contribution is 0.567. The molecule has 13 heteroatoms. The smallest absolute Gasteiger partial charge is 0.272 e. The third kappa shape index (κ3) is 3.59. The predicted molar refractivity (Wildman–Crippen MR) is 127 cm³/mol. The van der Waals surface area contributed by atoms with Crippen molar-refractivity contribution < 1.29 is 8.42 Å². The Hall–Kier alpha value is -0.930. The summed E-state index contributed by atoms with van der Waals surface area (Å²) in [6.45, 7) is 0. The van der Waals surface area contributed by atoms with E-state index >= 15 is 0 Å². The highest BCUT2D eigenvalue weighted by molar-refractivity contribution is 8.19. The van der Waals surface area contributed by atoms with Gasteiger partial charge in [-0.05, 0) is 11.1 Å². The van der Waals surface area contributed by atoms with Crippen molar-refractivity contribution in [3.63, 3.8) is 0 Å². The molecular formula is C18H12Cl6N4O2S. The molecule has 2 unspecified atom stereocenters. The van der Waals surface area contributed by atoms with E-state index in [1.54, 1.807) is 60.7 Å². The molecule has 2 aliphatic rings. The molecule has 0 fully saturated rings. The van der Waals surface area contributed by atoms with Crippen molar-refractivity contribution in [1.82, 2.24) is 10.6 Å². The summed E-state index contributed by atoms with van der Waals surface area (Å²) in [6.07, 6.45) is 0. The van der Waals surface area contributed by atoms with Gasteiger partial charge >= 0.3 is 0 Å². The fourth-order valence-electron chi connectivity index (χ4n) is 3.07. The van der Waals surface area contributed by atoms with Crippen LogP contribution in [0.5, 0.6) is 0 Å². The van der Waals surface area contributed by atoms with Gasteiger partial charge in [0.25, 0.3) is 9.84 Å². The molecule has 0 saturated carbocycles. The van der Waals surface area contributed by atoms with E-state index in [0.717, 1.165) is 0 Å². The van der Waals surface area contributed by atoms with Gasteiger partial charge < -0.3 is 10.6 Å². The first-order chi connectivity index (χ1) is 14.3. The molecule has 2 N–H and O–H groups in total. The number of nitrogens with zero attached hydrogens (tertiary/aromatic N) is 2. The Balaban J connectivity index is 1.79. The second-order valence-corrected chi connectivity index (χ2v) is 12.2.